The lowest BCUT2D eigenvalue weighted by Crippen LogP contribution is -2.04. The van der Waals surface area contributed by atoms with Gasteiger partial charge in [-0.2, -0.15) is 5.10 Å². The van der Waals surface area contributed by atoms with E-state index >= 15 is 0 Å². The Morgan fingerprint density at radius 3 is 2.68 bits per heavy atom. The molecule has 28 heavy (non-hydrogen) atoms. The molecule has 1 heterocycles. The zero-order valence-corrected chi connectivity index (χ0v) is 16.4. The average molecular weight is 410 g/mol. The molecule has 3 aromatic carbocycles. The number of para-hydroxylation sites is 1. The molecule has 0 radical (unpaired) electrons. The lowest BCUT2D eigenvalue weighted by molar-refractivity contribution is 0.0697. The van der Waals surface area contributed by atoms with Crippen molar-refractivity contribution in [3.63, 3.8) is 0 Å². The standard InChI is InChI=1S/C21H16ClN3O2S/c1-12(24-25-14-7-8-16(22)15(11-14)21(26)27)13-6-9-20-18(10-13)23-17-4-2-3-5-19(17)28-20/h2-11,23,25H,1H3,(H,26,27)/b24-12+. The molecule has 140 valence electrons. The van der Waals surface area contributed by atoms with Gasteiger partial charge in [0.2, 0.25) is 0 Å². The van der Waals surface area contributed by atoms with E-state index < -0.39 is 5.97 Å². The predicted octanol–water partition coefficient (Wildman–Crippen LogP) is 6.08. The lowest BCUT2D eigenvalue weighted by Gasteiger charge is -2.21. The van der Waals surface area contributed by atoms with Gasteiger partial charge in [0.1, 0.15) is 0 Å². The Balaban J connectivity index is 1.55. The minimum absolute atomic E-state index is 0.0354. The first-order valence-electron chi connectivity index (χ1n) is 8.53. The van der Waals surface area contributed by atoms with Crippen LogP contribution in [0, 0.1) is 0 Å². The molecule has 3 aromatic rings. The quantitative estimate of drug-likeness (QED) is 0.281. The molecule has 5 nitrogen and oxygen atoms in total. The first kappa shape index (κ1) is 18.4. The smallest absolute Gasteiger partial charge is 0.337 e. The number of nitrogens with one attached hydrogen (secondary N) is 2. The molecule has 0 amide bonds. The van der Waals surface area contributed by atoms with Crippen molar-refractivity contribution < 1.29 is 9.90 Å². The third-order valence-corrected chi connectivity index (χ3v) is 5.80. The summed E-state index contributed by atoms with van der Waals surface area (Å²) in [4.78, 5) is 13.6. The number of hydrogen-bond acceptors (Lipinski definition) is 5. The Morgan fingerprint density at radius 2 is 1.86 bits per heavy atom. The second kappa shape index (κ2) is 7.58. The summed E-state index contributed by atoms with van der Waals surface area (Å²) in [6.07, 6.45) is 0. The van der Waals surface area contributed by atoms with E-state index in [0.29, 0.717) is 5.69 Å². The van der Waals surface area contributed by atoms with Crippen molar-refractivity contribution in [3.05, 3.63) is 76.8 Å². The summed E-state index contributed by atoms with van der Waals surface area (Å²) in [7, 11) is 0. The summed E-state index contributed by atoms with van der Waals surface area (Å²) in [5.41, 5.74) is 7.36. The summed E-state index contributed by atoms with van der Waals surface area (Å²) in [5, 5.41) is 17.2. The molecule has 1 aliphatic heterocycles. The van der Waals surface area contributed by atoms with Gasteiger partial charge in [0.15, 0.2) is 0 Å². The highest BCUT2D eigenvalue weighted by molar-refractivity contribution is 7.99. The number of benzene rings is 3. The largest absolute Gasteiger partial charge is 0.478 e. The maximum absolute atomic E-state index is 11.2. The van der Waals surface area contributed by atoms with Gasteiger partial charge in [0.25, 0.3) is 0 Å². The SMILES string of the molecule is C/C(=N\Nc1ccc(Cl)c(C(=O)O)c1)c1ccc2c(c1)Nc1ccccc1S2. The number of hydrazone groups is 1. The van der Waals surface area contributed by atoms with Crippen LogP contribution in [0.25, 0.3) is 0 Å². The Kier molecular flexibility index (Phi) is 4.98. The molecule has 0 spiro atoms. The van der Waals surface area contributed by atoms with E-state index in [1.165, 1.54) is 17.0 Å². The molecule has 1 aliphatic rings. The topological polar surface area (TPSA) is 73.7 Å². The number of carbonyl (C=O) groups is 1. The van der Waals surface area contributed by atoms with Crippen molar-refractivity contribution in [1.82, 2.24) is 0 Å². The zero-order valence-electron chi connectivity index (χ0n) is 14.9. The fourth-order valence-corrected chi connectivity index (χ4v) is 4.00. The Bertz CT molecular complexity index is 1110. The molecular weight excluding hydrogens is 394 g/mol. The van der Waals surface area contributed by atoms with Crippen molar-refractivity contribution in [2.75, 3.05) is 10.7 Å². The average Bonchev–Trinajstić information content (AvgIpc) is 2.70. The summed E-state index contributed by atoms with van der Waals surface area (Å²) in [6, 6.07) is 19.0. The summed E-state index contributed by atoms with van der Waals surface area (Å²) < 4.78 is 0. The summed E-state index contributed by atoms with van der Waals surface area (Å²) >= 11 is 7.63. The molecule has 7 heteroatoms. The number of fused-ring (bicyclic) bond motifs is 2. The van der Waals surface area contributed by atoms with Gasteiger partial charge >= 0.3 is 5.97 Å². The monoisotopic (exact) mass is 409 g/mol. The lowest BCUT2D eigenvalue weighted by atomic mass is 10.1. The highest BCUT2D eigenvalue weighted by Crippen LogP contribution is 2.44. The first-order valence-corrected chi connectivity index (χ1v) is 9.72. The Labute approximate surface area is 171 Å². The van der Waals surface area contributed by atoms with Gasteiger partial charge in [-0.3, -0.25) is 5.43 Å². The van der Waals surface area contributed by atoms with Gasteiger partial charge in [0.05, 0.1) is 33.4 Å². The van der Waals surface area contributed by atoms with Crippen LogP contribution in [0.5, 0.6) is 0 Å². The number of nitrogens with zero attached hydrogens (tertiary/aromatic N) is 1. The van der Waals surface area contributed by atoms with E-state index in [4.69, 9.17) is 11.6 Å². The van der Waals surface area contributed by atoms with Crippen LogP contribution < -0.4 is 10.7 Å². The van der Waals surface area contributed by atoms with Crippen molar-refractivity contribution in [2.24, 2.45) is 5.10 Å². The molecule has 4 rings (SSSR count). The van der Waals surface area contributed by atoms with Crippen LogP contribution >= 0.6 is 23.4 Å². The highest BCUT2D eigenvalue weighted by atomic mass is 35.5. The number of hydrogen-bond donors (Lipinski definition) is 3. The van der Waals surface area contributed by atoms with Gasteiger partial charge in [-0.1, -0.05) is 41.6 Å². The summed E-state index contributed by atoms with van der Waals surface area (Å²) in [5.74, 6) is -1.08. The number of carboxylic acids is 1. The van der Waals surface area contributed by atoms with Gasteiger partial charge in [-0.05, 0) is 55.0 Å². The highest BCUT2D eigenvalue weighted by Gasteiger charge is 2.16. The van der Waals surface area contributed by atoms with Crippen LogP contribution in [-0.4, -0.2) is 16.8 Å². The molecule has 0 aliphatic carbocycles. The van der Waals surface area contributed by atoms with Crippen LogP contribution in [0.3, 0.4) is 0 Å². The molecule has 0 bridgehead atoms. The molecule has 3 N–H and O–H groups in total. The van der Waals surface area contributed by atoms with E-state index in [-0.39, 0.29) is 10.6 Å². The third-order valence-electron chi connectivity index (χ3n) is 4.32. The number of aromatic carboxylic acids is 1. The minimum atomic E-state index is -1.08. The summed E-state index contributed by atoms with van der Waals surface area (Å²) in [6.45, 7) is 1.90. The van der Waals surface area contributed by atoms with Gasteiger partial charge < -0.3 is 10.4 Å². The number of carboxylic acid groups (broad SMARTS) is 1. The van der Waals surface area contributed by atoms with E-state index in [1.807, 2.05) is 25.1 Å². The van der Waals surface area contributed by atoms with E-state index in [1.54, 1.807) is 17.8 Å². The van der Waals surface area contributed by atoms with Crippen molar-refractivity contribution in [1.29, 1.82) is 0 Å². The van der Waals surface area contributed by atoms with E-state index in [0.717, 1.165) is 27.5 Å². The van der Waals surface area contributed by atoms with Gasteiger partial charge in [-0.25, -0.2) is 4.79 Å². The normalized spacial score (nSPS) is 12.6. The molecular formula is C21H16ClN3O2S. The molecule has 0 unspecified atom stereocenters. The number of halogens is 1. The molecule has 0 fully saturated rings. The maximum atomic E-state index is 11.2. The van der Waals surface area contributed by atoms with Gasteiger partial charge in [0, 0.05) is 9.79 Å². The number of anilines is 3. The Hall–Kier alpha value is -2.96. The molecule has 0 saturated carbocycles. The van der Waals surface area contributed by atoms with Crippen molar-refractivity contribution in [3.8, 4) is 0 Å². The first-order chi connectivity index (χ1) is 13.5. The fraction of sp³-hybridized carbons (Fsp3) is 0.0476. The third kappa shape index (κ3) is 3.69. The van der Waals surface area contributed by atoms with Crippen molar-refractivity contribution >= 4 is 52.1 Å². The van der Waals surface area contributed by atoms with Gasteiger partial charge in [-0.15, -0.1) is 0 Å². The molecule has 0 saturated heterocycles. The maximum Gasteiger partial charge on any atom is 0.337 e. The second-order valence-electron chi connectivity index (χ2n) is 6.24. The van der Waals surface area contributed by atoms with Crippen LogP contribution in [-0.2, 0) is 0 Å². The fourth-order valence-electron chi connectivity index (χ4n) is 2.84. The van der Waals surface area contributed by atoms with Crippen LogP contribution in [0.4, 0.5) is 17.1 Å². The molecule has 0 aromatic heterocycles. The number of rotatable bonds is 4. The zero-order chi connectivity index (χ0) is 19.7. The van der Waals surface area contributed by atoms with E-state index in [2.05, 4.69) is 40.1 Å². The molecule has 0 atom stereocenters. The van der Waals surface area contributed by atoms with E-state index in [9.17, 15) is 9.90 Å². The van der Waals surface area contributed by atoms with Crippen molar-refractivity contribution in [2.45, 2.75) is 16.7 Å². The van der Waals surface area contributed by atoms with Crippen LogP contribution in [0.1, 0.15) is 22.8 Å². The second-order valence-corrected chi connectivity index (χ2v) is 7.73. The Morgan fingerprint density at radius 1 is 1.07 bits per heavy atom. The minimum Gasteiger partial charge on any atom is -0.478 e. The van der Waals surface area contributed by atoms with Crippen LogP contribution in [0.15, 0.2) is 75.6 Å². The predicted molar refractivity (Wildman–Crippen MR) is 115 cm³/mol. The van der Waals surface area contributed by atoms with Crippen LogP contribution in [0.2, 0.25) is 5.02 Å².